The molecular formula is C24H29FN2O4. The van der Waals surface area contributed by atoms with E-state index in [1.165, 1.54) is 24.3 Å². The van der Waals surface area contributed by atoms with Crippen LogP contribution in [-0.4, -0.2) is 50.6 Å². The van der Waals surface area contributed by atoms with Crippen molar-refractivity contribution in [2.24, 2.45) is 5.92 Å². The molecule has 1 aliphatic rings. The number of methoxy groups -OCH3 is 2. The molecule has 0 unspecified atom stereocenters. The van der Waals surface area contributed by atoms with Gasteiger partial charge < -0.3 is 19.7 Å². The molecule has 2 aromatic carbocycles. The van der Waals surface area contributed by atoms with Gasteiger partial charge in [0.15, 0.2) is 11.5 Å². The summed E-state index contributed by atoms with van der Waals surface area (Å²) in [4.78, 5) is 27.7. The second-order valence-corrected chi connectivity index (χ2v) is 7.66. The molecule has 7 heteroatoms. The molecule has 2 aromatic rings. The molecule has 1 saturated heterocycles. The zero-order chi connectivity index (χ0) is 22.4. The van der Waals surface area contributed by atoms with Crippen LogP contribution < -0.4 is 14.8 Å². The molecule has 2 amide bonds. The number of para-hydroxylation sites is 1. The average molecular weight is 429 g/mol. The first-order valence-electron chi connectivity index (χ1n) is 10.5. The van der Waals surface area contributed by atoms with Gasteiger partial charge in [-0.3, -0.25) is 9.59 Å². The van der Waals surface area contributed by atoms with Gasteiger partial charge in [0.2, 0.25) is 5.91 Å². The summed E-state index contributed by atoms with van der Waals surface area (Å²) >= 11 is 0. The maximum Gasteiger partial charge on any atom is 0.253 e. The van der Waals surface area contributed by atoms with E-state index < -0.39 is 11.7 Å². The third-order valence-corrected chi connectivity index (χ3v) is 5.70. The summed E-state index contributed by atoms with van der Waals surface area (Å²) in [6.07, 6.45) is 1.87. The minimum atomic E-state index is -0.428. The highest BCUT2D eigenvalue weighted by molar-refractivity contribution is 5.95. The molecule has 1 aliphatic heterocycles. The number of likely N-dealkylation sites (tertiary alicyclic amines) is 1. The van der Waals surface area contributed by atoms with Crippen molar-refractivity contribution < 1.29 is 23.5 Å². The molecule has 31 heavy (non-hydrogen) atoms. The number of hydrogen-bond donors (Lipinski definition) is 1. The van der Waals surface area contributed by atoms with E-state index in [0.717, 1.165) is 18.4 Å². The minimum absolute atomic E-state index is 0.0854. The van der Waals surface area contributed by atoms with Gasteiger partial charge in [-0.05, 0) is 36.8 Å². The average Bonchev–Trinajstić information content (AvgIpc) is 3.24. The molecular weight excluding hydrogens is 399 g/mol. The number of hydrogen-bond acceptors (Lipinski definition) is 4. The Bertz CT molecular complexity index is 916. The van der Waals surface area contributed by atoms with Crippen LogP contribution in [0.5, 0.6) is 11.5 Å². The molecule has 2 atom stereocenters. The topological polar surface area (TPSA) is 67.9 Å². The molecule has 166 valence electrons. The largest absolute Gasteiger partial charge is 0.493 e. The summed E-state index contributed by atoms with van der Waals surface area (Å²) in [6, 6.07) is 11.0. The van der Waals surface area contributed by atoms with Gasteiger partial charge in [0, 0.05) is 36.7 Å². The van der Waals surface area contributed by atoms with E-state index in [1.54, 1.807) is 25.2 Å². The van der Waals surface area contributed by atoms with Crippen LogP contribution in [0, 0.1) is 11.7 Å². The zero-order valence-corrected chi connectivity index (χ0v) is 18.2. The molecule has 1 heterocycles. The lowest BCUT2D eigenvalue weighted by atomic mass is 9.87. The van der Waals surface area contributed by atoms with E-state index in [9.17, 15) is 14.0 Å². The van der Waals surface area contributed by atoms with Crippen molar-refractivity contribution in [3.8, 4) is 11.5 Å². The number of halogens is 1. The summed E-state index contributed by atoms with van der Waals surface area (Å²) in [7, 11) is 3.13. The van der Waals surface area contributed by atoms with Gasteiger partial charge in [0.05, 0.1) is 20.1 Å². The monoisotopic (exact) mass is 428 g/mol. The van der Waals surface area contributed by atoms with Crippen LogP contribution >= 0.6 is 0 Å². The first kappa shape index (κ1) is 22.6. The van der Waals surface area contributed by atoms with Crippen molar-refractivity contribution in [1.29, 1.82) is 0 Å². The van der Waals surface area contributed by atoms with E-state index in [0.29, 0.717) is 30.2 Å². The predicted octanol–water partition coefficient (Wildman–Crippen LogP) is 3.62. The van der Waals surface area contributed by atoms with Crippen molar-refractivity contribution in [3.63, 3.8) is 0 Å². The normalized spacial score (nSPS) is 18.0. The molecule has 0 radical (unpaired) electrons. The van der Waals surface area contributed by atoms with Crippen LogP contribution in [0.1, 0.15) is 41.6 Å². The summed E-state index contributed by atoms with van der Waals surface area (Å²) in [5.74, 6) is -0.247. The third kappa shape index (κ3) is 4.98. The van der Waals surface area contributed by atoms with Crippen molar-refractivity contribution in [2.45, 2.75) is 25.7 Å². The summed E-state index contributed by atoms with van der Waals surface area (Å²) in [6.45, 7) is 3.29. The first-order chi connectivity index (χ1) is 15.0. The van der Waals surface area contributed by atoms with Gasteiger partial charge in [-0.1, -0.05) is 25.5 Å². The Morgan fingerprint density at radius 2 is 1.84 bits per heavy atom. The Morgan fingerprint density at radius 3 is 2.48 bits per heavy atom. The molecule has 1 fully saturated rings. The van der Waals surface area contributed by atoms with Crippen molar-refractivity contribution >= 4 is 11.8 Å². The molecule has 0 saturated carbocycles. The maximum absolute atomic E-state index is 13.3. The summed E-state index contributed by atoms with van der Waals surface area (Å²) in [5, 5.41) is 3.00. The number of carbonyl (C=O) groups excluding carboxylic acids is 2. The maximum atomic E-state index is 13.3. The van der Waals surface area contributed by atoms with Gasteiger partial charge >= 0.3 is 0 Å². The fourth-order valence-corrected chi connectivity index (χ4v) is 4.05. The second-order valence-electron chi connectivity index (χ2n) is 7.66. The lowest BCUT2D eigenvalue weighted by molar-refractivity contribution is -0.124. The molecule has 6 nitrogen and oxygen atoms in total. The van der Waals surface area contributed by atoms with Crippen molar-refractivity contribution in [3.05, 3.63) is 59.4 Å². The number of unbranched alkanes of at least 4 members (excludes halogenated alkanes) is 1. The van der Waals surface area contributed by atoms with E-state index in [4.69, 9.17) is 9.47 Å². The fraction of sp³-hybridized carbons (Fsp3) is 0.417. The van der Waals surface area contributed by atoms with Crippen LogP contribution in [0.4, 0.5) is 4.39 Å². The molecule has 0 bridgehead atoms. The van der Waals surface area contributed by atoms with E-state index in [2.05, 4.69) is 12.2 Å². The lowest BCUT2D eigenvalue weighted by Crippen LogP contribution is -2.36. The van der Waals surface area contributed by atoms with E-state index in [-0.39, 0.29) is 24.3 Å². The number of amides is 2. The Balaban J connectivity index is 1.91. The fourth-order valence-electron chi connectivity index (χ4n) is 4.05. The van der Waals surface area contributed by atoms with Crippen LogP contribution in [0.15, 0.2) is 42.5 Å². The minimum Gasteiger partial charge on any atom is -0.493 e. The standard InChI is InChI=1S/C24H29FN2O4/c1-4-5-13-26-23(28)20-15-27(24(29)16-9-11-17(25)12-10-16)14-19(20)18-7-6-8-21(30-2)22(18)31-3/h6-12,19-20H,4-5,13-15H2,1-3H3,(H,26,28)/t19-,20-/m1/s1. The van der Waals surface area contributed by atoms with Gasteiger partial charge in [0.25, 0.3) is 5.91 Å². The number of ether oxygens (including phenoxy) is 2. The SMILES string of the molecule is CCCCNC(=O)[C@@H]1CN(C(=O)c2ccc(F)cc2)C[C@@H]1c1cccc(OC)c1OC. The lowest BCUT2D eigenvalue weighted by Gasteiger charge is -2.21. The predicted molar refractivity (Wildman–Crippen MR) is 116 cm³/mol. The Morgan fingerprint density at radius 1 is 1.10 bits per heavy atom. The van der Waals surface area contributed by atoms with E-state index in [1.807, 2.05) is 12.1 Å². The molecule has 3 rings (SSSR count). The smallest absolute Gasteiger partial charge is 0.253 e. The summed E-state index contributed by atoms with van der Waals surface area (Å²) < 4.78 is 24.3. The number of carbonyl (C=O) groups is 2. The van der Waals surface area contributed by atoms with E-state index >= 15 is 0 Å². The number of nitrogens with one attached hydrogen (secondary N) is 1. The van der Waals surface area contributed by atoms with Gasteiger partial charge in [0.1, 0.15) is 5.82 Å². The molecule has 0 aliphatic carbocycles. The van der Waals surface area contributed by atoms with Crippen molar-refractivity contribution in [1.82, 2.24) is 10.2 Å². The number of rotatable bonds is 8. The third-order valence-electron chi connectivity index (χ3n) is 5.70. The van der Waals surface area contributed by atoms with Crippen LogP contribution in [0.2, 0.25) is 0 Å². The van der Waals surface area contributed by atoms with Crippen LogP contribution in [0.3, 0.4) is 0 Å². The van der Waals surface area contributed by atoms with Gasteiger partial charge in [-0.2, -0.15) is 0 Å². The van der Waals surface area contributed by atoms with Crippen LogP contribution in [-0.2, 0) is 4.79 Å². The highest BCUT2D eigenvalue weighted by Crippen LogP contribution is 2.42. The number of nitrogens with zero attached hydrogens (tertiary/aromatic N) is 1. The van der Waals surface area contributed by atoms with Crippen LogP contribution in [0.25, 0.3) is 0 Å². The van der Waals surface area contributed by atoms with Gasteiger partial charge in [-0.15, -0.1) is 0 Å². The highest BCUT2D eigenvalue weighted by atomic mass is 19.1. The zero-order valence-electron chi connectivity index (χ0n) is 18.2. The Labute approximate surface area is 182 Å². The Kier molecular flexibility index (Phi) is 7.50. The number of benzene rings is 2. The quantitative estimate of drug-likeness (QED) is 0.652. The molecule has 0 spiro atoms. The first-order valence-corrected chi connectivity index (χ1v) is 10.5. The van der Waals surface area contributed by atoms with Gasteiger partial charge in [-0.25, -0.2) is 4.39 Å². The second kappa shape index (κ2) is 10.3. The molecule has 1 N–H and O–H groups in total. The molecule has 0 aromatic heterocycles. The Hall–Kier alpha value is -3.09. The highest BCUT2D eigenvalue weighted by Gasteiger charge is 2.42. The summed E-state index contributed by atoms with van der Waals surface area (Å²) in [5.41, 5.74) is 1.22. The van der Waals surface area contributed by atoms with Crippen molar-refractivity contribution in [2.75, 3.05) is 33.9 Å².